The van der Waals surface area contributed by atoms with E-state index in [0.29, 0.717) is 17.2 Å². The molecule has 1 aliphatic heterocycles. The van der Waals surface area contributed by atoms with Gasteiger partial charge >= 0.3 is 0 Å². The van der Waals surface area contributed by atoms with Gasteiger partial charge in [0.05, 0.1) is 16.9 Å². The third kappa shape index (κ3) is 2.83. The minimum atomic E-state index is -0.409. The van der Waals surface area contributed by atoms with Crippen molar-refractivity contribution in [2.24, 2.45) is 17.6 Å². The fourth-order valence-electron chi connectivity index (χ4n) is 2.90. The second-order valence-corrected chi connectivity index (χ2v) is 5.68. The summed E-state index contributed by atoms with van der Waals surface area (Å²) in [6.45, 7) is 6.42. The number of nitrogens with zero attached hydrogens (tertiary/aromatic N) is 1. The van der Waals surface area contributed by atoms with Crippen molar-refractivity contribution in [2.75, 3.05) is 23.7 Å². The first-order chi connectivity index (χ1) is 9.00. The Kier molecular flexibility index (Phi) is 3.98. The van der Waals surface area contributed by atoms with E-state index in [4.69, 9.17) is 11.5 Å². The van der Waals surface area contributed by atoms with Crippen molar-refractivity contribution in [2.45, 2.75) is 26.7 Å². The molecular formula is C15H23N3O. The molecule has 0 spiro atoms. The van der Waals surface area contributed by atoms with Crippen LogP contribution in [-0.4, -0.2) is 19.0 Å². The maximum Gasteiger partial charge on any atom is 0.250 e. The molecule has 2 rings (SSSR count). The summed E-state index contributed by atoms with van der Waals surface area (Å²) in [4.78, 5) is 13.7. The molecular weight excluding hydrogens is 238 g/mol. The van der Waals surface area contributed by atoms with Crippen LogP contribution < -0.4 is 16.4 Å². The number of nitrogens with two attached hydrogens (primary N) is 2. The molecule has 1 fully saturated rings. The Morgan fingerprint density at radius 3 is 2.47 bits per heavy atom. The van der Waals surface area contributed by atoms with Crippen LogP contribution in [0.5, 0.6) is 0 Å². The summed E-state index contributed by atoms with van der Waals surface area (Å²) in [5.41, 5.74) is 13.5. The lowest BCUT2D eigenvalue weighted by Crippen LogP contribution is -2.37. The van der Waals surface area contributed by atoms with Gasteiger partial charge in [-0.1, -0.05) is 19.9 Å². The molecule has 1 aromatic carbocycles. The number of anilines is 2. The van der Waals surface area contributed by atoms with Crippen molar-refractivity contribution in [1.29, 1.82) is 0 Å². The highest BCUT2D eigenvalue weighted by molar-refractivity contribution is 6.01. The normalized spacial score (nSPS) is 16.9. The summed E-state index contributed by atoms with van der Waals surface area (Å²) in [5.74, 6) is 1.07. The van der Waals surface area contributed by atoms with Gasteiger partial charge in [-0.3, -0.25) is 4.79 Å². The molecule has 1 saturated heterocycles. The van der Waals surface area contributed by atoms with Crippen LogP contribution in [0.1, 0.15) is 37.0 Å². The maximum atomic E-state index is 11.5. The number of hydrogen-bond acceptors (Lipinski definition) is 3. The monoisotopic (exact) mass is 261 g/mol. The van der Waals surface area contributed by atoms with Crippen LogP contribution in [0.4, 0.5) is 11.4 Å². The van der Waals surface area contributed by atoms with E-state index in [9.17, 15) is 4.79 Å². The van der Waals surface area contributed by atoms with Crippen LogP contribution in [0.3, 0.4) is 0 Å². The summed E-state index contributed by atoms with van der Waals surface area (Å²) >= 11 is 0. The van der Waals surface area contributed by atoms with E-state index in [1.165, 1.54) is 0 Å². The molecule has 0 aliphatic carbocycles. The molecule has 0 atom stereocenters. The zero-order valence-corrected chi connectivity index (χ0v) is 11.7. The van der Waals surface area contributed by atoms with Crippen molar-refractivity contribution in [1.82, 2.24) is 0 Å². The molecule has 4 heteroatoms. The highest BCUT2D eigenvalue weighted by Crippen LogP contribution is 2.33. The molecule has 0 unspecified atom stereocenters. The van der Waals surface area contributed by atoms with E-state index in [-0.39, 0.29) is 0 Å². The van der Waals surface area contributed by atoms with Crippen LogP contribution in [-0.2, 0) is 0 Å². The minimum Gasteiger partial charge on any atom is -0.397 e. The van der Waals surface area contributed by atoms with Gasteiger partial charge in [-0.05, 0) is 36.8 Å². The number of rotatable bonds is 3. The first-order valence-corrected chi connectivity index (χ1v) is 6.94. The molecule has 1 aromatic rings. The Morgan fingerprint density at radius 2 is 1.95 bits per heavy atom. The van der Waals surface area contributed by atoms with Crippen LogP contribution in [0.2, 0.25) is 0 Å². The number of para-hydroxylation sites is 1. The standard InChI is InChI=1S/C15H23N3O/c1-10(2)11-6-8-18(9-7-11)14-12(15(17)19)4-3-5-13(14)16/h3-5,10-11H,6-9,16H2,1-2H3,(H2,17,19). The van der Waals surface area contributed by atoms with Gasteiger partial charge in [-0.2, -0.15) is 0 Å². The topological polar surface area (TPSA) is 72.3 Å². The predicted octanol–water partition coefficient (Wildman–Crippen LogP) is 2.24. The lowest BCUT2D eigenvalue weighted by molar-refractivity contribution is 0.100. The van der Waals surface area contributed by atoms with Gasteiger partial charge in [0.2, 0.25) is 0 Å². The Bertz CT molecular complexity index is 462. The molecule has 1 amide bonds. The molecule has 104 valence electrons. The average Bonchev–Trinajstić information content (AvgIpc) is 2.38. The molecule has 4 N–H and O–H groups in total. The van der Waals surface area contributed by atoms with Crippen molar-refractivity contribution in [3.63, 3.8) is 0 Å². The van der Waals surface area contributed by atoms with Gasteiger partial charge < -0.3 is 16.4 Å². The van der Waals surface area contributed by atoms with E-state index in [2.05, 4.69) is 18.7 Å². The highest BCUT2D eigenvalue weighted by atomic mass is 16.1. The number of carbonyl (C=O) groups is 1. The van der Waals surface area contributed by atoms with Crippen LogP contribution in [0.15, 0.2) is 18.2 Å². The quantitative estimate of drug-likeness (QED) is 0.820. The summed E-state index contributed by atoms with van der Waals surface area (Å²) in [6.07, 6.45) is 2.29. The lowest BCUT2D eigenvalue weighted by atomic mass is 9.86. The number of piperidine rings is 1. The van der Waals surface area contributed by atoms with E-state index in [1.54, 1.807) is 12.1 Å². The molecule has 1 heterocycles. The van der Waals surface area contributed by atoms with Gasteiger partial charge in [-0.15, -0.1) is 0 Å². The minimum absolute atomic E-state index is 0.409. The first kappa shape index (κ1) is 13.7. The van der Waals surface area contributed by atoms with E-state index in [0.717, 1.165) is 37.5 Å². The molecule has 19 heavy (non-hydrogen) atoms. The Labute approximate surface area is 114 Å². The average molecular weight is 261 g/mol. The second-order valence-electron chi connectivity index (χ2n) is 5.68. The second kappa shape index (κ2) is 5.51. The summed E-state index contributed by atoms with van der Waals surface area (Å²) in [5, 5.41) is 0. The predicted molar refractivity (Wildman–Crippen MR) is 79.1 cm³/mol. The molecule has 0 saturated carbocycles. The van der Waals surface area contributed by atoms with E-state index < -0.39 is 5.91 Å². The zero-order chi connectivity index (χ0) is 14.0. The Hall–Kier alpha value is -1.71. The third-order valence-electron chi connectivity index (χ3n) is 4.13. The van der Waals surface area contributed by atoms with Crippen molar-refractivity contribution in [3.05, 3.63) is 23.8 Å². The summed E-state index contributed by atoms with van der Waals surface area (Å²) in [7, 11) is 0. The maximum absolute atomic E-state index is 11.5. The largest absolute Gasteiger partial charge is 0.397 e. The summed E-state index contributed by atoms with van der Waals surface area (Å²) < 4.78 is 0. The van der Waals surface area contributed by atoms with E-state index in [1.807, 2.05) is 6.07 Å². The van der Waals surface area contributed by atoms with E-state index >= 15 is 0 Å². The van der Waals surface area contributed by atoms with Crippen LogP contribution >= 0.6 is 0 Å². The van der Waals surface area contributed by atoms with Gasteiger partial charge in [0.1, 0.15) is 0 Å². The number of primary amides is 1. The molecule has 0 radical (unpaired) electrons. The summed E-state index contributed by atoms with van der Waals surface area (Å²) in [6, 6.07) is 5.36. The fraction of sp³-hybridized carbons (Fsp3) is 0.533. The fourth-order valence-corrected chi connectivity index (χ4v) is 2.90. The van der Waals surface area contributed by atoms with Crippen LogP contribution in [0, 0.1) is 11.8 Å². The number of amides is 1. The van der Waals surface area contributed by atoms with Gasteiger partial charge in [-0.25, -0.2) is 0 Å². The molecule has 1 aliphatic rings. The first-order valence-electron chi connectivity index (χ1n) is 6.94. The Morgan fingerprint density at radius 1 is 1.32 bits per heavy atom. The number of hydrogen-bond donors (Lipinski definition) is 2. The number of benzene rings is 1. The van der Waals surface area contributed by atoms with Gasteiger partial charge in [0.25, 0.3) is 5.91 Å². The molecule has 0 aromatic heterocycles. The number of carbonyl (C=O) groups excluding carboxylic acids is 1. The molecule has 4 nitrogen and oxygen atoms in total. The highest BCUT2D eigenvalue weighted by Gasteiger charge is 2.25. The zero-order valence-electron chi connectivity index (χ0n) is 11.7. The van der Waals surface area contributed by atoms with Crippen molar-refractivity contribution < 1.29 is 4.79 Å². The SMILES string of the molecule is CC(C)C1CCN(c2c(N)cccc2C(N)=O)CC1. The Balaban J connectivity index is 2.22. The van der Waals surface area contributed by atoms with Crippen LogP contribution in [0.25, 0.3) is 0 Å². The van der Waals surface area contributed by atoms with Gasteiger partial charge in [0.15, 0.2) is 0 Å². The smallest absolute Gasteiger partial charge is 0.250 e. The molecule has 0 bridgehead atoms. The van der Waals surface area contributed by atoms with Gasteiger partial charge in [0, 0.05) is 13.1 Å². The lowest BCUT2D eigenvalue weighted by Gasteiger charge is -2.36. The van der Waals surface area contributed by atoms with Crippen molar-refractivity contribution in [3.8, 4) is 0 Å². The van der Waals surface area contributed by atoms with Crippen molar-refractivity contribution >= 4 is 17.3 Å². The third-order valence-corrected chi connectivity index (χ3v) is 4.13. The number of nitrogen functional groups attached to an aromatic ring is 1.